The molecule has 2 rings (SSSR count). The van der Waals surface area contributed by atoms with Gasteiger partial charge >= 0.3 is 0 Å². The first-order valence-corrected chi connectivity index (χ1v) is 7.48. The van der Waals surface area contributed by atoms with Gasteiger partial charge in [0.2, 0.25) is 5.91 Å². The molecule has 0 atom stereocenters. The van der Waals surface area contributed by atoms with E-state index >= 15 is 0 Å². The Balaban J connectivity index is 1.89. The molecule has 110 valence electrons. The topological polar surface area (TPSA) is 45.2 Å². The summed E-state index contributed by atoms with van der Waals surface area (Å²) in [5.41, 5.74) is 2.83. The SMILES string of the molecule is Cc1cc(Br)ccc1NC(=O)CN(C)Cc1ccccn1. The summed E-state index contributed by atoms with van der Waals surface area (Å²) in [6.45, 7) is 2.94. The predicted molar refractivity (Wildman–Crippen MR) is 88.1 cm³/mol. The van der Waals surface area contributed by atoms with E-state index in [9.17, 15) is 4.79 Å². The van der Waals surface area contributed by atoms with Crippen LogP contribution in [0.15, 0.2) is 47.1 Å². The van der Waals surface area contributed by atoms with Crippen LogP contribution in [0.1, 0.15) is 11.3 Å². The van der Waals surface area contributed by atoms with Crippen LogP contribution in [0.5, 0.6) is 0 Å². The summed E-state index contributed by atoms with van der Waals surface area (Å²) in [6.07, 6.45) is 1.76. The number of nitrogens with one attached hydrogen (secondary N) is 1. The number of aryl methyl sites for hydroxylation is 1. The fourth-order valence-electron chi connectivity index (χ4n) is 2.03. The van der Waals surface area contributed by atoms with Crippen LogP contribution in [0.25, 0.3) is 0 Å². The lowest BCUT2D eigenvalue weighted by Gasteiger charge is -2.16. The van der Waals surface area contributed by atoms with Gasteiger partial charge in [-0.15, -0.1) is 0 Å². The zero-order chi connectivity index (χ0) is 15.2. The Hall–Kier alpha value is -1.72. The van der Waals surface area contributed by atoms with Crippen molar-refractivity contribution >= 4 is 27.5 Å². The third-order valence-electron chi connectivity index (χ3n) is 3.03. The largest absolute Gasteiger partial charge is 0.325 e. The Kier molecular flexibility index (Phi) is 5.47. The van der Waals surface area contributed by atoms with Crippen LogP contribution in [0, 0.1) is 6.92 Å². The minimum Gasteiger partial charge on any atom is -0.325 e. The number of carbonyl (C=O) groups is 1. The first kappa shape index (κ1) is 15.7. The molecule has 0 unspecified atom stereocenters. The number of halogens is 1. The Morgan fingerprint density at radius 2 is 2.14 bits per heavy atom. The van der Waals surface area contributed by atoms with Gasteiger partial charge in [0.1, 0.15) is 0 Å². The van der Waals surface area contributed by atoms with Crippen LogP contribution in [0.4, 0.5) is 5.69 Å². The molecule has 0 bridgehead atoms. The minimum atomic E-state index is -0.0288. The molecule has 0 aliphatic carbocycles. The average molecular weight is 348 g/mol. The molecule has 0 aliphatic heterocycles. The Morgan fingerprint density at radius 1 is 1.33 bits per heavy atom. The number of aromatic nitrogens is 1. The van der Waals surface area contributed by atoms with Crippen molar-refractivity contribution in [1.29, 1.82) is 0 Å². The molecular weight excluding hydrogens is 330 g/mol. The van der Waals surface area contributed by atoms with Gasteiger partial charge in [-0.25, -0.2) is 0 Å². The van der Waals surface area contributed by atoms with Gasteiger partial charge in [-0.05, 0) is 49.9 Å². The van der Waals surface area contributed by atoms with Gasteiger partial charge in [-0.3, -0.25) is 14.7 Å². The first-order valence-electron chi connectivity index (χ1n) is 6.69. The van der Waals surface area contributed by atoms with Crippen molar-refractivity contribution in [3.63, 3.8) is 0 Å². The van der Waals surface area contributed by atoms with Gasteiger partial charge in [0.05, 0.1) is 12.2 Å². The maximum Gasteiger partial charge on any atom is 0.238 e. The van der Waals surface area contributed by atoms with Crippen molar-refractivity contribution in [1.82, 2.24) is 9.88 Å². The number of carbonyl (C=O) groups excluding carboxylic acids is 1. The van der Waals surface area contributed by atoms with Crippen molar-refractivity contribution in [3.05, 3.63) is 58.3 Å². The number of amides is 1. The van der Waals surface area contributed by atoms with E-state index in [1.165, 1.54) is 0 Å². The van der Waals surface area contributed by atoms with Gasteiger partial charge < -0.3 is 5.32 Å². The van der Waals surface area contributed by atoms with Crippen molar-refractivity contribution < 1.29 is 4.79 Å². The molecule has 21 heavy (non-hydrogen) atoms. The summed E-state index contributed by atoms with van der Waals surface area (Å²) >= 11 is 3.41. The Bertz CT molecular complexity index is 616. The average Bonchev–Trinajstić information content (AvgIpc) is 2.43. The van der Waals surface area contributed by atoms with Gasteiger partial charge in [0.25, 0.3) is 0 Å². The highest BCUT2D eigenvalue weighted by Crippen LogP contribution is 2.19. The van der Waals surface area contributed by atoms with Crippen molar-refractivity contribution in [2.45, 2.75) is 13.5 Å². The number of anilines is 1. The molecule has 0 saturated carbocycles. The molecule has 1 amide bonds. The highest BCUT2D eigenvalue weighted by molar-refractivity contribution is 9.10. The highest BCUT2D eigenvalue weighted by atomic mass is 79.9. The van der Waals surface area contributed by atoms with Crippen LogP contribution in [-0.4, -0.2) is 29.4 Å². The Morgan fingerprint density at radius 3 is 2.81 bits per heavy atom. The van der Waals surface area contributed by atoms with Crippen molar-refractivity contribution in [3.8, 4) is 0 Å². The first-order chi connectivity index (χ1) is 10.0. The van der Waals surface area contributed by atoms with E-state index in [1.807, 2.05) is 55.3 Å². The zero-order valence-electron chi connectivity index (χ0n) is 12.1. The number of likely N-dealkylation sites (N-methyl/N-ethyl adjacent to an activating group) is 1. The molecule has 1 aromatic heterocycles. The van der Waals surface area contributed by atoms with Gasteiger partial charge in [0.15, 0.2) is 0 Å². The molecule has 1 heterocycles. The van der Waals surface area contributed by atoms with Crippen LogP contribution >= 0.6 is 15.9 Å². The molecule has 1 N–H and O–H groups in total. The second kappa shape index (κ2) is 7.33. The van der Waals surface area contributed by atoms with E-state index in [-0.39, 0.29) is 5.91 Å². The van der Waals surface area contributed by atoms with E-state index in [2.05, 4.69) is 26.2 Å². The van der Waals surface area contributed by atoms with Gasteiger partial charge in [-0.1, -0.05) is 22.0 Å². The lowest BCUT2D eigenvalue weighted by Crippen LogP contribution is -2.30. The second-order valence-corrected chi connectivity index (χ2v) is 5.92. The van der Waals surface area contributed by atoms with Gasteiger partial charge in [0, 0.05) is 22.9 Å². The fraction of sp³-hybridized carbons (Fsp3) is 0.250. The second-order valence-electron chi connectivity index (χ2n) is 5.00. The number of benzene rings is 1. The molecule has 5 heteroatoms. The summed E-state index contributed by atoms with van der Waals surface area (Å²) in [5.74, 6) is -0.0288. The van der Waals surface area contributed by atoms with E-state index in [4.69, 9.17) is 0 Å². The number of hydrogen-bond donors (Lipinski definition) is 1. The molecule has 4 nitrogen and oxygen atoms in total. The molecule has 0 radical (unpaired) electrons. The van der Waals surface area contributed by atoms with E-state index in [0.717, 1.165) is 21.4 Å². The van der Waals surface area contributed by atoms with Gasteiger partial charge in [-0.2, -0.15) is 0 Å². The normalized spacial score (nSPS) is 10.7. The standard InChI is InChI=1S/C16H18BrN3O/c1-12-9-13(17)6-7-15(12)19-16(21)11-20(2)10-14-5-3-4-8-18-14/h3-9H,10-11H2,1-2H3,(H,19,21). The number of nitrogens with zero attached hydrogens (tertiary/aromatic N) is 2. The monoisotopic (exact) mass is 347 g/mol. The lowest BCUT2D eigenvalue weighted by molar-refractivity contribution is -0.117. The molecule has 0 saturated heterocycles. The van der Waals surface area contributed by atoms with E-state index in [0.29, 0.717) is 13.1 Å². The Labute approximate surface area is 133 Å². The van der Waals surface area contributed by atoms with Crippen molar-refractivity contribution in [2.24, 2.45) is 0 Å². The summed E-state index contributed by atoms with van der Waals surface area (Å²) in [7, 11) is 1.91. The molecule has 0 fully saturated rings. The smallest absolute Gasteiger partial charge is 0.238 e. The zero-order valence-corrected chi connectivity index (χ0v) is 13.7. The molecule has 2 aromatic rings. The van der Waals surface area contributed by atoms with Crippen molar-refractivity contribution in [2.75, 3.05) is 18.9 Å². The minimum absolute atomic E-state index is 0.0288. The summed E-state index contributed by atoms with van der Waals surface area (Å²) < 4.78 is 1.00. The van der Waals surface area contributed by atoms with Crippen LogP contribution in [0.2, 0.25) is 0 Å². The molecule has 0 spiro atoms. The van der Waals surface area contributed by atoms with E-state index < -0.39 is 0 Å². The maximum absolute atomic E-state index is 12.1. The molecule has 0 aliphatic rings. The lowest BCUT2D eigenvalue weighted by atomic mass is 10.2. The summed E-state index contributed by atoms with van der Waals surface area (Å²) in [4.78, 5) is 18.3. The number of rotatable bonds is 5. The quantitative estimate of drug-likeness (QED) is 0.902. The van der Waals surface area contributed by atoms with Crippen LogP contribution in [-0.2, 0) is 11.3 Å². The summed E-state index contributed by atoms with van der Waals surface area (Å²) in [5, 5.41) is 2.93. The van der Waals surface area contributed by atoms with E-state index in [1.54, 1.807) is 6.20 Å². The number of hydrogen-bond acceptors (Lipinski definition) is 3. The third-order valence-corrected chi connectivity index (χ3v) is 3.53. The maximum atomic E-state index is 12.1. The molecular formula is C16H18BrN3O. The predicted octanol–water partition coefficient (Wildman–Crippen LogP) is 3.22. The third kappa shape index (κ3) is 4.95. The van der Waals surface area contributed by atoms with Crippen LogP contribution in [0.3, 0.4) is 0 Å². The number of pyridine rings is 1. The van der Waals surface area contributed by atoms with Crippen LogP contribution < -0.4 is 5.32 Å². The fourth-order valence-corrected chi connectivity index (χ4v) is 2.50. The molecule has 1 aromatic carbocycles. The highest BCUT2D eigenvalue weighted by Gasteiger charge is 2.09. The summed E-state index contributed by atoms with van der Waals surface area (Å²) in [6, 6.07) is 11.6.